The number of hydrogen-bond donors (Lipinski definition) is 2. The zero-order valence-electron chi connectivity index (χ0n) is 11.9. The molecule has 0 radical (unpaired) electrons. The maximum Gasteiger partial charge on any atom is 0.227 e. The number of nitrogens with zero attached hydrogens (tertiary/aromatic N) is 3. The Kier molecular flexibility index (Phi) is 3.82. The molecule has 0 amide bonds. The van der Waals surface area contributed by atoms with Gasteiger partial charge >= 0.3 is 0 Å². The van der Waals surface area contributed by atoms with Gasteiger partial charge in [-0.3, -0.25) is 0 Å². The van der Waals surface area contributed by atoms with Crippen LogP contribution in [0.3, 0.4) is 0 Å². The molecular formula is C16H14N4O2. The lowest BCUT2D eigenvalue weighted by Gasteiger charge is -2.07. The van der Waals surface area contributed by atoms with Crippen LogP contribution >= 0.6 is 0 Å². The summed E-state index contributed by atoms with van der Waals surface area (Å²) in [4.78, 5) is 12.7. The number of aromatic nitrogens is 3. The highest BCUT2D eigenvalue weighted by Gasteiger charge is 2.04. The third-order valence-electron chi connectivity index (χ3n) is 3.00. The van der Waals surface area contributed by atoms with Gasteiger partial charge in [-0.05, 0) is 24.3 Å². The van der Waals surface area contributed by atoms with Crippen LogP contribution in [0.25, 0.3) is 11.3 Å². The molecule has 0 saturated carbocycles. The van der Waals surface area contributed by atoms with Crippen molar-refractivity contribution in [2.75, 3.05) is 12.4 Å². The van der Waals surface area contributed by atoms with Crippen LogP contribution in [0.1, 0.15) is 0 Å². The Morgan fingerprint density at radius 2 is 2.00 bits per heavy atom. The molecule has 6 nitrogen and oxygen atoms in total. The van der Waals surface area contributed by atoms with E-state index >= 15 is 0 Å². The summed E-state index contributed by atoms with van der Waals surface area (Å²) in [6.45, 7) is 0. The van der Waals surface area contributed by atoms with Crippen molar-refractivity contribution in [3.8, 4) is 22.9 Å². The van der Waals surface area contributed by atoms with E-state index in [1.807, 2.05) is 12.1 Å². The molecule has 0 saturated heterocycles. The molecule has 2 N–H and O–H groups in total. The summed E-state index contributed by atoms with van der Waals surface area (Å²) >= 11 is 0. The normalized spacial score (nSPS) is 10.2. The minimum absolute atomic E-state index is 0.199. The molecule has 0 aliphatic heterocycles. The van der Waals surface area contributed by atoms with Gasteiger partial charge in [-0.25, -0.2) is 15.0 Å². The summed E-state index contributed by atoms with van der Waals surface area (Å²) in [5.74, 6) is 1.19. The number of pyridine rings is 1. The van der Waals surface area contributed by atoms with Crippen molar-refractivity contribution in [1.29, 1.82) is 0 Å². The summed E-state index contributed by atoms with van der Waals surface area (Å²) in [7, 11) is 1.57. The van der Waals surface area contributed by atoms with Gasteiger partial charge in [0.1, 0.15) is 5.75 Å². The SMILES string of the molecule is COc1ccc(Nc2nccc(-c3cccc(O)c3)n2)cn1. The summed E-state index contributed by atoms with van der Waals surface area (Å²) in [6.07, 6.45) is 3.30. The fraction of sp³-hybridized carbons (Fsp3) is 0.0625. The van der Waals surface area contributed by atoms with Crippen LogP contribution in [-0.4, -0.2) is 27.2 Å². The number of ether oxygens (including phenoxy) is 1. The number of hydrogen-bond acceptors (Lipinski definition) is 6. The van der Waals surface area contributed by atoms with Gasteiger partial charge < -0.3 is 15.2 Å². The third kappa shape index (κ3) is 3.12. The Morgan fingerprint density at radius 1 is 1.09 bits per heavy atom. The highest BCUT2D eigenvalue weighted by atomic mass is 16.5. The maximum atomic E-state index is 9.55. The first-order chi connectivity index (χ1) is 10.7. The van der Waals surface area contributed by atoms with Crippen LogP contribution in [0.4, 0.5) is 11.6 Å². The summed E-state index contributed by atoms with van der Waals surface area (Å²) in [6, 6.07) is 12.3. The molecule has 3 rings (SSSR count). The summed E-state index contributed by atoms with van der Waals surface area (Å²) in [5, 5.41) is 12.6. The highest BCUT2D eigenvalue weighted by Crippen LogP contribution is 2.22. The van der Waals surface area contributed by atoms with Crippen molar-refractivity contribution in [2.24, 2.45) is 0 Å². The van der Waals surface area contributed by atoms with Crippen LogP contribution in [0, 0.1) is 0 Å². The van der Waals surface area contributed by atoms with Crippen molar-refractivity contribution >= 4 is 11.6 Å². The minimum Gasteiger partial charge on any atom is -0.508 e. The largest absolute Gasteiger partial charge is 0.508 e. The average molecular weight is 294 g/mol. The molecule has 2 heterocycles. The fourth-order valence-corrected chi connectivity index (χ4v) is 1.95. The molecular weight excluding hydrogens is 280 g/mol. The average Bonchev–Trinajstić information content (AvgIpc) is 2.56. The lowest BCUT2D eigenvalue weighted by atomic mass is 10.1. The predicted octanol–water partition coefficient (Wildman–Crippen LogP) is 3.00. The second-order valence-corrected chi connectivity index (χ2v) is 4.53. The Bertz CT molecular complexity index is 775. The van der Waals surface area contributed by atoms with Crippen LogP contribution in [0.15, 0.2) is 54.9 Å². The highest BCUT2D eigenvalue weighted by molar-refractivity contribution is 5.63. The zero-order valence-corrected chi connectivity index (χ0v) is 11.9. The monoisotopic (exact) mass is 294 g/mol. The molecule has 0 atom stereocenters. The lowest BCUT2D eigenvalue weighted by Crippen LogP contribution is -1.98. The number of nitrogens with one attached hydrogen (secondary N) is 1. The molecule has 3 aromatic rings. The first-order valence-electron chi connectivity index (χ1n) is 6.64. The Hall–Kier alpha value is -3.15. The minimum atomic E-state index is 0.199. The predicted molar refractivity (Wildman–Crippen MR) is 83.2 cm³/mol. The molecule has 0 fully saturated rings. The fourth-order valence-electron chi connectivity index (χ4n) is 1.95. The molecule has 110 valence electrons. The molecule has 0 aliphatic rings. The molecule has 0 aliphatic carbocycles. The molecule has 1 aromatic carbocycles. The number of phenolic OH excluding ortho intramolecular Hbond substituents is 1. The number of phenols is 1. The van der Waals surface area contributed by atoms with E-state index in [2.05, 4.69) is 20.3 Å². The third-order valence-corrected chi connectivity index (χ3v) is 3.00. The van der Waals surface area contributed by atoms with E-state index in [1.54, 1.807) is 49.8 Å². The lowest BCUT2D eigenvalue weighted by molar-refractivity contribution is 0.398. The molecule has 22 heavy (non-hydrogen) atoms. The van der Waals surface area contributed by atoms with Gasteiger partial charge in [-0.2, -0.15) is 0 Å². The van der Waals surface area contributed by atoms with Crippen molar-refractivity contribution < 1.29 is 9.84 Å². The van der Waals surface area contributed by atoms with Gasteiger partial charge in [0.2, 0.25) is 11.8 Å². The van der Waals surface area contributed by atoms with Crippen molar-refractivity contribution in [3.05, 3.63) is 54.9 Å². The van der Waals surface area contributed by atoms with Gasteiger partial charge in [0.05, 0.1) is 24.7 Å². The van der Waals surface area contributed by atoms with Crippen molar-refractivity contribution in [2.45, 2.75) is 0 Å². The number of methoxy groups -OCH3 is 1. The first kappa shape index (κ1) is 13.8. The number of benzene rings is 1. The van der Waals surface area contributed by atoms with E-state index in [0.717, 1.165) is 16.9 Å². The van der Waals surface area contributed by atoms with Gasteiger partial charge in [0, 0.05) is 17.8 Å². The van der Waals surface area contributed by atoms with E-state index in [9.17, 15) is 5.11 Å². The van der Waals surface area contributed by atoms with Gasteiger partial charge in [-0.15, -0.1) is 0 Å². The van der Waals surface area contributed by atoms with Gasteiger partial charge in [0.15, 0.2) is 0 Å². The summed E-state index contributed by atoms with van der Waals surface area (Å²) in [5.41, 5.74) is 2.29. The molecule has 0 unspecified atom stereocenters. The first-order valence-corrected chi connectivity index (χ1v) is 6.64. The quantitative estimate of drug-likeness (QED) is 0.770. The molecule has 2 aromatic heterocycles. The second kappa shape index (κ2) is 6.09. The standard InChI is InChI=1S/C16H14N4O2/c1-22-15-6-5-12(10-18-15)19-16-17-8-7-14(20-16)11-3-2-4-13(21)9-11/h2-10,21H,1H3,(H,17,19,20). The zero-order chi connectivity index (χ0) is 15.4. The smallest absolute Gasteiger partial charge is 0.227 e. The number of rotatable bonds is 4. The Balaban J connectivity index is 1.84. The number of anilines is 2. The molecule has 0 bridgehead atoms. The van der Waals surface area contributed by atoms with Gasteiger partial charge in [0.25, 0.3) is 0 Å². The summed E-state index contributed by atoms with van der Waals surface area (Å²) < 4.78 is 5.01. The Morgan fingerprint density at radius 3 is 2.73 bits per heavy atom. The van der Waals surface area contributed by atoms with E-state index < -0.39 is 0 Å². The number of aromatic hydroxyl groups is 1. The van der Waals surface area contributed by atoms with E-state index in [0.29, 0.717) is 11.8 Å². The second-order valence-electron chi connectivity index (χ2n) is 4.53. The van der Waals surface area contributed by atoms with E-state index in [4.69, 9.17) is 4.74 Å². The topological polar surface area (TPSA) is 80.2 Å². The maximum absolute atomic E-state index is 9.55. The molecule has 6 heteroatoms. The van der Waals surface area contributed by atoms with Crippen LogP contribution in [0.2, 0.25) is 0 Å². The van der Waals surface area contributed by atoms with Crippen LogP contribution in [0.5, 0.6) is 11.6 Å². The van der Waals surface area contributed by atoms with Crippen LogP contribution in [-0.2, 0) is 0 Å². The van der Waals surface area contributed by atoms with Crippen molar-refractivity contribution in [1.82, 2.24) is 15.0 Å². The van der Waals surface area contributed by atoms with E-state index in [-0.39, 0.29) is 5.75 Å². The Labute approximate surface area is 127 Å². The van der Waals surface area contributed by atoms with E-state index in [1.165, 1.54) is 0 Å². The van der Waals surface area contributed by atoms with Crippen LogP contribution < -0.4 is 10.1 Å². The van der Waals surface area contributed by atoms with Crippen molar-refractivity contribution in [3.63, 3.8) is 0 Å². The molecule has 0 spiro atoms. The van der Waals surface area contributed by atoms with Gasteiger partial charge in [-0.1, -0.05) is 12.1 Å².